The van der Waals surface area contributed by atoms with Crippen LogP contribution < -0.4 is 5.32 Å². The molecule has 1 fully saturated rings. The molecule has 1 aromatic heterocycles. The van der Waals surface area contributed by atoms with Crippen LogP contribution in [0, 0.1) is 5.92 Å². The van der Waals surface area contributed by atoms with E-state index in [9.17, 15) is 0 Å². The van der Waals surface area contributed by atoms with E-state index in [1.165, 1.54) is 12.8 Å². The molecule has 4 heteroatoms. The summed E-state index contributed by atoms with van der Waals surface area (Å²) in [6, 6.07) is 0.655. The number of nitrogens with zero attached hydrogens (tertiary/aromatic N) is 2. The molecule has 1 saturated carbocycles. The maximum atomic E-state index is 4.26. The van der Waals surface area contributed by atoms with Crippen LogP contribution in [0.3, 0.4) is 0 Å². The van der Waals surface area contributed by atoms with Crippen LogP contribution >= 0.6 is 11.8 Å². The summed E-state index contributed by atoms with van der Waals surface area (Å²) < 4.78 is 0. The van der Waals surface area contributed by atoms with Crippen molar-refractivity contribution in [3.8, 4) is 0 Å². The molecule has 0 aromatic carbocycles. The quantitative estimate of drug-likeness (QED) is 0.748. The van der Waals surface area contributed by atoms with Gasteiger partial charge >= 0.3 is 0 Å². The van der Waals surface area contributed by atoms with Crippen LogP contribution in [0.4, 0.5) is 0 Å². The molecule has 0 amide bonds. The van der Waals surface area contributed by atoms with E-state index >= 15 is 0 Å². The summed E-state index contributed by atoms with van der Waals surface area (Å²) in [6.45, 7) is 3.23. The van der Waals surface area contributed by atoms with Crippen molar-refractivity contribution in [3.63, 3.8) is 0 Å². The molecule has 2 rings (SSSR count). The molecule has 1 atom stereocenters. The Morgan fingerprint density at radius 2 is 2.40 bits per heavy atom. The minimum atomic E-state index is 0.655. The van der Waals surface area contributed by atoms with Gasteiger partial charge in [0, 0.05) is 24.2 Å². The fraction of sp³-hybridized carbons (Fsp3) is 0.636. The largest absolute Gasteiger partial charge is 0.313 e. The second-order valence-corrected chi connectivity index (χ2v) is 4.90. The van der Waals surface area contributed by atoms with Crippen LogP contribution in [0.15, 0.2) is 23.6 Å². The Bertz CT molecular complexity index is 287. The summed E-state index contributed by atoms with van der Waals surface area (Å²) in [7, 11) is 0. The average Bonchev–Trinajstić information content (AvgIpc) is 3.09. The lowest BCUT2D eigenvalue weighted by atomic mass is 10.2. The Morgan fingerprint density at radius 1 is 1.53 bits per heavy atom. The van der Waals surface area contributed by atoms with E-state index < -0.39 is 0 Å². The van der Waals surface area contributed by atoms with Crippen LogP contribution in [-0.2, 0) is 0 Å². The standard InChI is InChI=1S/C11H17N3S/c1-2-13-10(9-3-4-9)8-15-11-7-12-5-6-14-11/h5-7,9-10,13H,2-4,8H2,1H3. The van der Waals surface area contributed by atoms with Gasteiger partial charge in [-0.2, -0.15) is 0 Å². The first kappa shape index (κ1) is 10.9. The van der Waals surface area contributed by atoms with Gasteiger partial charge in [0.25, 0.3) is 0 Å². The lowest BCUT2D eigenvalue weighted by molar-refractivity contribution is 0.519. The summed E-state index contributed by atoms with van der Waals surface area (Å²) in [5.41, 5.74) is 0. The van der Waals surface area contributed by atoms with E-state index in [0.717, 1.165) is 23.2 Å². The predicted octanol–water partition coefficient (Wildman–Crippen LogP) is 1.96. The van der Waals surface area contributed by atoms with Crippen molar-refractivity contribution in [1.29, 1.82) is 0 Å². The third-order valence-electron chi connectivity index (χ3n) is 2.61. The maximum Gasteiger partial charge on any atom is 0.114 e. The Balaban J connectivity index is 1.80. The van der Waals surface area contributed by atoms with E-state index in [1.807, 2.05) is 6.20 Å². The Hall–Kier alpha value is -0.610. The fourth-order valence-electron chi connectivity index (χ4n) is 1.66. The highest BCUT2D eigenvalue weighted by Crippen LogP contribution is 2.34. The second-order valence-electron chi connectivity index (χ2n) is 3.86. The zero-order valence-corrected chi connectivity index (χ0v) is 9.83. The minimum Gasteiger partial charge on any atom is -0.313 e. The summed E-state index contributed by atoms with van der Waals surface area (Å²) in [5, 5.41) is 4.57. The average molecular weight is 223 g/mol. The van der Waals surface area contributed by atoms with Gasteiger partial charge in [-0.15, -0.1) is 11.8 Å². The highest BCUT2D eigenvalue weighted by molar-refractivity contribution is 7.99. The summed E-state index contributed by atoms with van der Waals surface area (Å²) in [4.78, 5) is 8.33. The zero-order chi connectivity index (χ0) is 10.5. The summed E-state index contributed by atoms with van der Waals surface area (Å²) >= 11 is 1.80. The summed E-state index contributed by atoms with van der Waals surface area (Å²) in [5.74, 6) is 2.01. The second kappa shape index (κ2) is 5.47. The molecule has 1 N–H and O–H groups in total. The molecule has 82 valence electrons. The monoisotopic (exact) mass is 223 g/mol. The van der Waals surface area contributed by atoms with Gasteiger partial charge in [-0.3, -0.25) is 4.98 Å². The zero-order valence-electron chi connectivity index (χ0n) is 9.02. The molecule has 0 saturated heterocycles. The van der Waals surface area contributed by atoms with Crippen molar-refractivity contribution in [1.82, 2.24) is 15.3 Å². The fourth-order valence-corrected chi connectivity index (χ4v) is 2.67. The van der Waals surface area contributed by atoms with Gasteiger partial charge in [0.05, 0.1) is 6.20 Å². The van der Waals surface area contributed by atoms with Gasteiger partial charge in [0.1, 0.15) is 5.03 Å². The number of thioether (sulfide) groups is 1. The van der Waals surface area contributed by atoms with E-state index in [1.54, 1.807) is 24.2 Å². The minimum absolute atomic E-state index is 0.655. The van der Waals surface area contributed by atoms with E-state index in [4.69, 9.17) is 0 Å². The molecule has 1 unspecified atom stereocenters. The maximum absolute atomic E-state index is 4.26. The topological polar surface area (TPSA) is 37.8 Å². The summed E-state index contributed by atoms with van der Waals surface area (Å²) in [6.07, 6.45) is 8.08. The number of hydrogen-bond donors (Lipinski definition) is 1. The molecule has 3 nitrogen and oxygen atoms in total. The van der Waals surface area contributed by atoms with Crippen molar-refractivity contribution in [3.05, 3.63) is 18.6 Å². The van der Waals surface area contributed by atoms with E-state index in [2.05, 4.69) is 22.2 Å². The number of rotatable bonds is 6. The highest BCUT2D eigenvalue weighted by atomic mass is 32.2. The molecule has 0 aliphatic heterocycles. The van der Waals surface area contributed by atoms with Crippen molar-refractivity contribution in [2.75, 3.05) is 12.3 Å². The van der Waals surface area contributed by atoms with Crippen LogP contribution in [0.25, 0.3) is 0 Å². The number of aromatic nitrogens is 2. The number of hydrogen-bond acceptors (Lipinski definition) is 4. The lowest BCUT2D eigenvalue weighted by Crippen LogP contribution is -2.33. The predicted molar refractivity (Wildman–Crippen MR) is 62.9 cm³/mol. The van der Waals surface area contributed by atoms with Crippen molar-refractivity contribution in [2.45, 2.75) is 30.8 Å². The van der Waals surface area contributed by atoms with Crippen molar-refractivity contribution in [2.24, 2.45) is 5.92 Å². The Labute approximate surface area is 95.1 Å². The van der Waals surface area contributed by atoms with Gasteiger partial charge in [-0.05, 0) is 25.3 Å². The van der Waals surface area contributed by atoms with Gasteiger partial charge in [0.15, 0.2) is 0 Å². The molecule has 1 aliphatic carbocycles. The Kier molecular flexibility index (Phi) is 3.97. The van der Waals surface area contributed by atoms with Crippen LogP contribution in [0.2, 0.25) is 0 Å². The first-order valence-electron chi connectivity index (χ1n) is 5.52. The molecule has 1 heterocycles. The third-order valence-corrected chi connectivity index (χ3v) is 3.64. The molecule has 0 spiro atoms. The van der Waals surface area contributed by atoms with Crippen LogP contribution in [-0.4, -0.2) is 28.3 Å². The van der Waals surface area contributed by atoms with Crippen LogP contribution in [0.5, 0.6) is 0 Å². The number of nitrogens with one attached hydrogen (secondary N) is 1. The first-order chi connectivity index (χ1) is 7.40. The molecule has 1 aromatic rings. The van der Waals surface area contributed by atoms with E-state index in [-0.39, 0.29) is 0 Å². The van der Waals surface area contributed by atoms with Crippen molar-refractivity contribution < 1.29 is 0 Å². The SMILES string of the molecule is CCNC(CSc1cnccn1)C1CC1. The molecule has 1 aliphatic rings. The highest BCUT2D eigenvalue weighted by Gasteiger charge is 2.30. The van der Waals surface area contributed by atoms with Gasteiger partial charge < -0.3 is 5.32 Å². The molecule has 0 bridgehead atoms. The third kappa shape index (κ3) is 3.47. The first-order valence-corrected chi connectivity index (χ1v) is 6.51. The van der Waals surface area contributed by atoms with Crippen molar-refractivity contribution >= 4 is 11.8 Å². The molecular formula is C11H17N3S. The van der Waals surface area contributed by atoms with E-state index in [0.29, 0.717) is 6.04 Å². The van der Waals surface area contributed by atoms with Crippen LogP contribution in [0.1, 0.15) is 19.8 Å². The van der Waals surface area contributed by atoms with Gasteiger partial charge in [-0.25, -0.2) is 4.98 Å². The van der Waals surface area contributed by atoms with Gasteiger partial charge in [0.2, 0.25) is 0 Å². The molecule has 15 heavy (non-hydrogen) atoms. The normalized spacial score (nSPS) is 17.7. The van der Waals surface area contributed by atoms with Gasteiger partial charge in [-0.1, -0.05) is 6.92 Å². The Morgan fingerprint density at radius 3 is 3.00 bits per heavy atom. The molecule has 0 radical (unpaired) electrons. The smallest absolute Gasteiger partial charge is 0.114 e. The lowest BCUT2D eigenvalue weighted by Gasteiger charge is -2.15. The molecular weight excluding hydrogens is 206 g/mol.